The molecular formula is C23H25NO6. The number of carbonyl (C=O) groups excluding carboxylic acids is 1. The second-order valence-electron chi connectivity index (χ2n) is 7.90. The van der Waals surface area contributed by atoms with Crippen LogP contribution in [0.15, 0.2) is 60.7 Å². The maximum atomic E-state index is 12.3. The number of rotatable bonds is 9. The van der Waals surface area contributed by atoms with Crippen LogP contribution in [0.3, 0.4) is 0 Å². The molecule has 2 heterocycles. The highest BCUT2D eigenvalue weighted by Crippen LogP contribution is 2.47. The summed E-state index contributed by atoms with van der Waals surface area (Å²) in [7, 11) is 0. The quantitative estimate of drug-likeness (QED) is 0.466. The molecule has 4 rings (SSSR count). The van der Waals surface area contributed by atoms with Crippen LogP contribution in [0.5, 0.6) is 0 Å². The molecule has 2 fully saturated rings. The zero-order valence-corrected chi connectivity index (χ0v) is 16.8. The normalized spacial score (nSPS) is 29.8. The zero-order chi connectivity index (χ0) is 21.1. The fourth-order valence-electron chi connectivity index (χ4n) is 4.63. The van der Waals surface area contributed by atoms with Crippen LogP contribution in [0.4, 0.5) is 0 Å². The van der Waals surface area contributed by atoms with E-state index in [9.17, 15) is 14.9 Å². The number of benzene rings is 2. The van der Waals surface area contributed by atoms with Crippen LogP contribution < -0.4 is 0 Å². The SMILES string of the molecule is CC(=O)[C@@H]1[C@@H](C[N+](=O)[O-])[C@H]2O[C@@H]1[C@H](OCc1ccccc1)[C@@H]2OCc1ccccc1. The molecule has 2 aliphatic heterocycles. The maximum Gasteiger partial charge on any atom is 0.210 e. The van der Waals surface area contributed by atoms with Gasteiger partial charge in [-0.1, -0.05) is 60.7 Å². The summed E-state index contributed by atoms with van der Waals surface area (Å²) in [6.07, 6.45) is -2.02. The van der Waals surface area contributed by atoms with Gasteiger partial charge < -0.3 is 14.2 Å². The first-order valence-corrected chi connectivity index (χ1v) is 10.1. The van der Waals surface area contributed by atoms with E-state index in [1.807, 2.05) is 60.7 Å². The smallest absolute Gasteiger partial charge is 0.210 e. The molecule has 6 atom stereocenters. The van der Waals surface area contributed by atoms with Crippen molar-refractivity contribution in [3.05, 3.63) is 81.9 Å². The average molecular weight is 411 g/mol. The van der Waals surface area contributed by atoms with Gasteiger partial charge >= 0.3 is 0 Å². The van der Waals surface area contributed by atoms with E-state index in [0.717, 1.165) is 11.1 Å². The number of nitrogens with zero attached hydrogens (tertiary/aromatic N) is 1. The molecule has 0 N–H and O–H groups in total. The van der Waals surface area contributed by atoms with Crippen molar-refractivity contribution >= 4 is 5.78 Å². The Bertz CT molecular complexity index is 874. The van der Waals surface area contributed by atoms with Crippen LogP contribution in [0.2, 0.25) is 0 Å². The summed E-state index contributed by atoms with van der Waals surface area (Å²) >= 11 is 0. The molecule has 158 valence electrons. The van der Waals surface area contributed by atoms with Crippen LogP contribution in [-0.2, 0) is 32.2 Å². The molecule has 2 aromatic rings. The lowest BCUT2D eigenvalue weighted by Crippen LogP contribution is -2.52. The van der Waals surface area contributed by atoms with Crippen LogP contribution in [0.1, 0.15) is 18.1 Å². The fourth-order valence-corrected chi connectivity index (χ4v) is 4.63. The highest BCUT2D eigenvalue weighted by Gasteiger charge is 2.63. The molecule has 0 unspecified atom stereocenters. The summed E-state index contributed by atoms with van der Waals surface area (Å²) in [6.45, 7) is 1.85. The van der Waals surface area contributed by atoms with Crippen molar-refractivity contribution in [1.82, 2.24) is 0 Å². The second kappa shape index (κ2) is 9.04. The van der Waals surface area contributed by atoms with E-state index < -0.39 is 36.3 Å². The largest absolute Gasteiger partial charge is 0.368 e. The summed E-state index contributed by atoms with van der Waals surface area (Å²) in [5, 5.41) is 11.2. The standard InChI is InChI=1S/C23H25NO6/c1-15(25)19-18(12-24(26)27)20-22(28-13-16-8-4-2-5-9-16)23(21(19)30-20)29-14-17-10-6-3-7-11-17/h2-11,18-23H,12-14H2,1H3/t18-,19-,20-,21+,22-,23+/m1/s1. The Morgan fingerprint density at radius 3 is 1.90 bits per heavy atom. The van der Waals surface area contributed by atoms with Crippen molar-refractivity contribution in [3.8, 4) is 0 Å². The summed E-state index contributed by atoms with van der Waals surface area (Å²) in [5.41, 5.74) is 2.00. The van der Waals surface area contributed by atoms with Gasteiger partial charge in [-0.05, 0) is 18.1 Å². The number of ketones is 1. The van der Waals surface area contributed by atoms with Crippen molar-refractivity contribution in [1.29, 1.82) is 0 Å². The molecule has 0 radical (unpaired) electrons. The first-order valence-electron chi connectivity index (χ1n) is 10.1. The highest BCUT2D eigenvalue weighted by molar-refractivity contribution is 5.80. The lowest BCUT2D eigenvalue weighted by Gasteiger charge is -2.35. The van der Waals surface area contributed by atoms with Crippen molar-refractivity contribution in [3.63, 3.8) is 0 Å². The third-order valence-electron chi connectivity index (χ3n) is 5.92. The maximum absolute atomic E-state index is 12.3. The number of nitro groups is 1. The van der Waals surface area contributed by atoms with Gasteiger partial charge in [-0.3, -0.25) is 14.9 Å². The average Bonchev–Trinajstić information content (AvgIpc) is 3.27. The fraction of sp³-hybridized carbons (Fsp3) is 0.435. The van der Waals surface area contributed by atoms with E-state index in [2.05, 4.69) is 0 Å². The molecule has 2 aromatic carbocycles. The summed E-state index contributed by atoms with van der Waals surface area (Å²) in [5.74, 6) is -1.18. The highest BCUT2D eigenvalue weighted by atomic mass is 16.6. The van der Waals surface area contributed by atoms with Crippen LogP contribution in [0.25, 0.3) is 0 Å². The molecular weight excluding hydrogens is 386 g/mol. The van der Waals surface area contributed by atoms with Crippen molar-refractivity contribution in [2.45, 2.75) is 44.6 Å². The zero-order valence-electron chi connectivity index (χ0n) is 16.8. The third kappa shape index (κ3) is 4.28. The third-order valence-corrected chi connectivity index (χ3v) is 5.92. The van der Waals surface area contributed by atoms with Gasteiger partial charge in [0.05, 0.1) is 37.3 Å². The minimum absolute atomic E-state index is 0.107. The predicted molar refractivity (Wildman–Crippen MR) is 108 cm³/mol. The second-order valence-corrected chi connectivity index (χ2v) is 7.90. The van der Waals surface area contributed by atoms with Gasteiger partial charge in [-0.2, -0.15) is 0 Å². The summed E-state index contributed by atoms with van der Waals surface area (Å²) < 4.78 is 18.5. The van der Waals surface area contributed by atoms with E-state index in [0.29, 0.717) is 13.2 Å². The van der Waals surface area contributed by atoms with Crippen molar-refractivity contribution in [2.24, 2.45) is 11.8 Å². The molecule has 2 bridgehead atoms. The number of fused-ring (bicyclic) bond motifs is 2. The molecule has 0 aliphatic carbocycles. The Morgan fingerprint density at radius 1 is 0.933 bits per heavy atom. The van der Waals surface area contributed by atoms with Gasteiger partial charge in [-0.25, -0.2) is 0 Å². The van der Waals surface area contributed by atoms with E-state index in [1.165, 1.54) is 6.92 Å². The Hall–Kier alpha value is -2.61. The van der Waals surface area contributed by atoms with Gasteiger partial charge in [0.2, 0.25) is 6.54 Å². The number of carbonyl (C=O) groups is 1. The van der Waals surface area contributed by atoms with Crippen LogP contribution in [-0.4, -0.2) is 41.7 Å². The Kier molecular flexibility index (Phi) is 6.22. The number of hydrogen-bond acceptors (Lipinski definition) is 6. The van der Waals surface area contributed by atoms with Gasteiger partial charge in [0.25, 0.3) is 0 Å². The molecule has 0 aromatic heterocycles. The molecule has 2 saturated heterocycles. The predicted octanol–water partition coefficient (Wildman–Crippen LogP) is 3.04. The molecule has 30 heavy (non-hydrogen) atoms. The van der Waals surface area contributed by atoms with Crippen molar-refractivity contribution < 1.29 is 23.9 Å². The Balaban J connectivity index is 1.54. The summed E-state index contributed by atoms with van der Waals surface area (Å²) in [4.78, 5) is 23.2. The first-order chi connectivity index (χ1) is 14.5. The van der Waals surface area contributed by atoms with Gasteiger partial charge in [0.1, 0.15) is 18.0 Å². The molecule has 0 amide bonds. The molecule has 7 heteroatoms. The molecule has 0 saturated carbocycles. The van der Waals surface area contributed by atoms with E-state index >= 15 is 0 Å². The van der Waals surface area contributed by atoms with Crippen LogP contribution in [0, 0.1) is 22.0 Å². The van der Waals surface area contributed by atoms with E-state index in [4.69, 9.17) is 14.2 Å². The lowest BCUT2D eigenvalue weighted by atomic mass is 9.74. The summed E-state index contributed by atoms with van der Waals surface area (Å²) in [6, 6.07) is 19.4. The molecule has 0 spiro atoms. The first kappa shape index (κ1) is 20.7. The van der Waals surface area contributed by atoms with Gasteiger partial charge in [0, 0.05) is 4.92 Å². The monoisotopic (exact) mass is 411 g/mol. The minimum Gasteiger partial charge on any atom is -0.368 e. The molecule has 7 nitrogen and oxygen atoms in total. The Labute approximate surface area is 175 Å². The number of Topliss-reactive ketones (excluding diaryl/α,β-unsaturated/α-hetero) is 1. The Morgan fingerprint density at radius 2 is 1.43 bits per heavy atom. The number of ether oxygens (including phenoxy) is 3. The van der Waals surface area contributed by atoms with Crippen molar-refractivity contribution in [2.75, 3.05) is 6.54 Å². The molecule has 2 aliphatic rings. The van der Waals surface area contributed by atoms with Gasteiger partial charge in [-0.15, -0.1) is 0 Å². The van der Waals surface area contributed by atoms with E-state index in [1.54, 1.807) is 0 Å². The number of hydrogen-bond donors (Lipinski definition) is 0. The topological polar surface area (TPSA) is 87.9 Å². The lowest BCUT2D eigenvalue weighted by molar-refractivity contribution is -0.491. The van der Waals surface area contributed by atoms with Crippen LogP contribution >= 0.6 is 0 Å². The van der Waals surface area contributed by atoms with E-state index in [-0.39, 0.29) is 17.3 Å². The minimum atomic E-state index is -0.558. The van der Waals surface area contributed by atoms with Gasteiger partial charge in [0.15, 0.2) is 0 Å².